The number of carbonyl (C=O) groups is 1. The number of nitrogens with zero attached hydrogens (tertiary/aromatic N) is 1. The summed E-state index contributed by atoms with van der Waals surface area (Å²) in [6.45, 7) is 6.75. The largest absolute Gasteiger partial charge is 0.465 e. The number of benzene rings is 1. The molecule has 0 aliphatic heterocycles. The van der Waals surface area contributed by atoms with Gasteiger partial charge >= 0.3 is 5.97 Å². The average molecular weight is 282 g/mol. The van der Waals surface area contributed by atoms with Crippen molar-refractivity contribution in [2.75, 3.05) is 24.6 Å². The van der Waals surface area contributed by atoms with Crippen LogP contribution in [0.4, 0.5) is 10.1 Å². The molecule has 0 saturated heterocycles. The number of halogens is 1. The molecule has 4 nitrogen and oxygen atoms in total. The first kappa shape index (κ1) is 16.4. The van der Waals surface area contributed by atoms with Gasteiger partial charge in [0.2, 0.25) is 0 Å². The van der Waals surface area contributed by atoms with E-state index >= 15 is 0 Å². The second-order valence-corrected chi connectivity index (χ2v) is 4.92. The molecule has 20 heavy (non-hydrogen) atoms. The molecule has 1 aromatic carbocycles. The summed E-state index contributed by atoms with van der Waals surface area (Å²) in [5.41, 5.74) is 5.43. The Kier molecular flexibility index (Phi) is 5.95. The fourth-order valence-electron chi connectivity index (χ4n) is 1.92. The zero-order valence-electron chi connectivity index (χ0n) is 12.4. The zero-order chi connectivity index (χ0) is 15.2. The van der Waals surface area contributed by atoms with Crippen LogP contribution in [-0.4, -0.2) is 31.2 Å². The van der Waals surface area contributed by atoms with Crippen molar-refractivity contribution in [3.8, 4) is 0 Å². The normalized spacial score (nSPS) is 13.7. The lowest BCUT2D eigenvalue weighted by atomic mass is 9.99. The van der Waals surface area contributed by atoms with Crippen LogP contribution in [0.3, 0.4) is 0 Å². The molecule has 5 heteroatoms. The fourth-order valence-corrected chi connectivity index (χ4v) is 1.92. The molecular formula is C15H23FN2O2. The van der Waals surface area contributed by atoms with E-state index in [0.29, 0.717) is 31.8 Å². The summed E-state index contributed by atoms with van der Waals surface area (Å²) in [5.74, 6) is -0.700. The minimum absolute atomic E-state index is 0.274. The maximum absolute atomic E-state index is 13.8. The molecule has 0 bridgehead atoms. The summed E-state index contributed by atoms with van der Waals surface area (Å²) in [6, 6.07) is 6.58. The van der Waals surface area contributed by atoms with Gasteiger partial charge in [0.15, 0.2) is 0 Å². The number of anilines is 1. The van der Waals surface area contributed by atoms with Gasteiger partial charge in [-0.1, -0.05) is 12.1 Å². The van der Waals surface area contributed by atoms with Gasteiger partial charge in [0.1, 0.15) is 11.4 Å². The summed E-state index contributed by atoms with van der Waals surface area (Å²) < 4.78 is 18.7. The van der Waals surface area contributed by atoms with Crippen LogP contribution in [0.1, 0.15) is 27.2 Å². The minimum Gasteiger partial charge on any atom is -0.465 e. The van der Waals surface area contributed by atoms with Crippen LogP contribution in [-0.2, 0) is 9.53 Å². The lowest BCUT2D eigenvalue weighted by Crippen LogP contribution is -2.48. The highest BCUT2D eigenvalue weighted by atomic mass is 19.1. The maximum Gasteiger partial charge on any atom is 0.325 e. The van der Waals surface area contributed by atoms with Crippen LogP contribution in [0.25, 0.3) is 0 Å². The molecule has 1 unspecified atom stereocenters. The Labute approximate surface area is 119 Å². The highest BCUT2D eigenvalue weighted by Crippen LogP contribution is 2.20. The van der Waals surface area contributed by atoms with Crippen LogP contribution >= 0.6 is 0 Å². The van der Waals surface area contributed by atoms with Crippen molar-refractivity contribution >= 4 is 11.7 Å². The Bertz CT molecular complexity index is 449. The summed E-state index contributed by atoms with van der Waals surface area (Å²) in [7, 11) is 0. The molecule has 0 radical (unpaired) electrons. The Morgan fingerprint density at radius 2 is 2.05 bits per heavy atom. The number of hydrogen-bond donors (Lipinski definition) is 1. The number of nitrogens with two attached hydrogens (primary N) is 1. The van der Waals surface area contributed by atoms with Crippen LogP contribution in [0.2, 0.25) is 0 Å². The Hall–Kier alpha value is -1.62. The molecule has 1 atom stereocenters. The van der Waals surface area contributed by atoms with Gasteiger partial charge in [-0.05, 0) is 39.3 Å². The van der Waals surface area contributed by atoms with Gasteiger partial charge in [-0.15, -0.1) is 0 Å². The molecule has 112 valence electrons. The molecule has 0 aliphatic rings. The molecule has 0 heterocycles. The highest BCUT2D eigenvalue weighted by molar-refractivity contribution is 5.80. The van der Waals surface area contributed by atoms with Gasteiger partial charge in [0.05, 0.1) is 12.3 Å². The Balaban J connectivity index is 2.71. The van der Waals surface area contributed by atoms with Gasteiger partial charge in [-0.2, -0.15) is 0 Å². The second-order valence-electron chi connectivity index (χ2n) is 4.92. The monoisotopic (exact) mass is 282 g/mol. The van der Waals surface area contributed by atoms with Crippen molar-refractivity contribution < 1.29 is 13.9 Å². The van der Waals surface area contributed by atoms with E-state index in [0.717, 1.165) is 0 Å². The van der Waals surface area contributed by atoms with E-state index in [1.807, 2.05) is 11.8 Å². The third kappa shape index (κ3) is 4.20. The first-order valence-corrected chi connectivity index (χ1v) is 6.88. The number of rotatable bonds is 7. The number of hydrogen-bond acceptors (Lipinski definition) is 4. The van der Waals surface area contributed by atoms with E-state index < -0.39 is 11.5 Å². The van der Waals surface area contributed by atoms with E-state index in [2.05, 4.69) is 0 Å². The van der Waals surface area contributed by atoms with Gasteiger partial charge in [-0.25, -0.2) is 4.39 Å². The quantitative estimate of drug-likeness (QED) is 0.780. The molecule has 1 rings (SSSR count). The van der Waals surface area contributed by atoms with Crippen molar-refractivity contribution in [1.82, 2.24) is 0 Å². The standard InChI is InChI=1S/C15H23FN2O2/c1-4-18(13-9-7-6-8-12(13)16)11-10-15(3,17)14(19)20-5-2/h6-9H,4-5,10-11,17H2,1-3H3. The van der Waals surface area contributed by atoms with Crippen molar-refractivity contribution in [1.29, 1.82) is 0 Å². The van der Waals surface area contributed by atoms with Gasteiger partial charge in [0, 0.05) is 13.1 Å². The molecule has 0 amide bonds. The lowest BCUT2D eigenvalue weighted by Gasteiger charge is -2.28. The summed E-state index contributed by atoms with van der Waals surface area (Å²) >= 11 is 0. The predicted octanol–water partition coefficient (Wildman–Crippen LogP) is 2.32. The van der Waals surface area contributed by atoms with Crippen LogP contribution in [0, 0.1) is 5.82 Å². The summed E-state index contributed by atoms with van der Waals surface area (Å²) in [5, 5.41) is 0. The van der Waals surface area contributed by atoms with Gasteiger partial charge in [-0.3, -0.25) is 4.79 Å². The molecule has 0 saturated carbocycles. The van der Waals surface area contributed by atoms with Crippen molar-refractivity contribution in [3.63, 3.8) is 0 Å². The highest BCUT2D eigenvalue weighted by Gasteiger charge is 2.30. The van der Waals surface area contributed by atoms with Crippen LogP contribution in [0.15, 0.2) is 24.3 Å². The first-order valence-electron chi connectivity index (χ1n) is 6.88. The van der Waals surface area contributed by atoms with Crippen molar-refractivity contribution in [2.45, 2.75) is 32.7 Å². The molecule has 0 fully saturated rings. The van der Waals surface area contributed by atoms with E-state index in [-0.39, 0.29) is 5.82 Å². The second kappa shape index (κ2) is 7.24. The SMILES string of the molecule is CCOC(=O)C(C)(N)CCN(CC)c1ccccc1F. The van der Waals surface area contributed by atoms with E-state index in [4.69, 9.17) is 10.5 Å². The molecular weight excluding hydrogens is 259 g/mol. The first-order chi connectivity index (χ1) is 9.42. The lowest BCUT2D eigenvalue weighted by molar-refractivity contribution is -0.149. The smallest absolute Gasteiger partial charge is 0.325 e. The van der Waals surface area contributed by atoms with E-state index in [9.17, 15) is 9.18 Å². The van der Waals surface area contributed by atoms with E-state index in [1.54, 1.807) is 32.0 Å². The molecule has 1 aromatic rings. The summed E-state index contributed by atoms with van der Waals surface area (Å²) in [4.78, 5) is 13.6. The minimum atomic E-state index is -1.06. The maximum atomic E-state index is 13.8. The van der Waals surface area contributed by atoms with Gasteiger partial charge in [0.25, 0.3) is 0 Å². The third-order valence-electron chi connectivity index (χ3n) is 3.22. The van der Waals surface area contributed by atoms with E-state index in [1.165, 1.54) is 6.07 Å². The van der Waals surface area contributed by atoms with Crippen LogP contribution in [0.5, 0.6) is 0 Å². The number of esters is 1. The predicted molar refractivity (Wildman–Crippen MR) is 78.1 cm³/mol. The van der Waals surface area contributed by atoms with Crippen LogP contribution < -0.4 is 10.6 Å². The number of carbonyl (C=O) groups excluding carboxylic acids is 1. The molecule has 0 aliphatic carbocycles. The van der Waals surface area contributed by atoms with Crippen molar-refractivity contribution in [3.05, 3.63) is 30.1 Å². The summed E-state index contributed by atoms with van der Waals surface area (Å²) in [6.07, 6.45) is 0.397. The average Bonchev–Trinajstić information content (AvgIpc) is 2.41. The molecule has 0 spiro atoms. The number of ether oxygens (including phenoxy) is 1. The van der Waals surface area contributed by atoms with Gasteiger partial charge < -0.3 is 15.4 Å². The molecule has 2 N–H and O–H groups in total. The topological polar surface area (TPSA) is 55.6 Å². The number of para-hydroxylation sites is 1. The third-order valence-corrected chi connectivity index (χ3v) is 3.22. The fraction of sp³-hybridized carbons (Fsp3) is 0.533. The zero-order valence-corrected chi connectivity index (χ0v) is 12.4. The molecule has 0 aromatic heterocycles. The van der Waals surface area contributed by atoms with Crippen molar-refractivity contribution in [2.24, 2.45) is 5.73 Å². The Morgan fingerprint density at radius 1 is 1.40 bits per heavy atom. The Morgan fingerprint density at radius 3 is 2.60 bits per heavy atom.